The van der Waals surface area contributed by atoms with E-state index in [4.69, 9.17) is 14.4 Å². The van der Waals surface area contributed by atoms with E-state index < -0.39 is 11.4 Å². The molecule has 2 heterocycles. The van der Waals surface area contributed by atoms with Crippen LogP contribution in [0.5, 0.6) is 0 Å². The van der Waals surface area contributed by atoms with Crippen molar-refractivity contribution in [2.45, 2.75) is 31.6 Å². The molecule has 25 heavy (non-hydrogen) atoms. The van der Waals surface area contributed by atoms with E-state index in [1.54, 1.807) is 30.3 Å². The van der Waals surface area contributed by atoms with Crippen LogP contribution in [0.15, 0.2) is 34.9 Å². The number of amides is 1. The van der Waals surface area contributed by atoms with E-state index in [-0.39, 0.29) is 12.3 Å². The quantitative estimate of drug-likeness (QED) is 0.863. The average molecular weight is 344 g/mol. The number of ether oxygens (including phenoxy) is 1. The van der Waals surface area contributed by atoms with Crippen molar-refractivity contribution >= 4 is 17.6 Å². The highest BCUT2D eigenvalue weighted by molar-refractivity contribution is 5.99. The molecule has 1 aromatic carbocycles. The average Bonchev–Trinajstić information content (AvgIpc) is 3.02. The second kappa shape index (κ2) is 7.06. The van der Waals surface area contributed by atoms with Crippen molar-refractivity contribution < 1.29 is 24.0 Å². The molecule has 1 aliphatic heterocycles. The van der Waals surface area contributed by atoms with Crippen molar-refractivity contribution in [3.05, 3.63) is 47.3 Å². The first-order valence-electron chi connectivity index (χ1n) is 8.13. The fraction of sp³-hybridized carbons (Fsp3) is 0.389. The van der Waals surface area contributed by atoms with Gasteiger partial charge in [0.05, 0.1) is 12.1 Å². The van der Waals surface area contributed by atoms with Crippen molar-refractivity contribution in [1.82, 2.24) is 5.16 Å². The fourth-order valence-electron chi connectivity index (χ4n) is 3.08. The third kappa shape index (κ3) is 3.71. The van der Waals surface area contributed by atoms with Gasteiger partial charge in [-0.1, -0.05) is 17.3 Å². The van der Waals surface area contributed by atoms with Gasteiger partial charge in [-0.2, -0.15) is 0 Å². The molecule has 0 radical (unpaired) electrons. The number of benzene rings is 1. The summed E-state index contributed by atoms with van der Waals surface area (Å²) >= 11 is 0. The smallest absolute Gasteiger partial charge is 0.307 e. The summed E-state index contributed by atoms with van der Waals surface area (Å²) < 4.78 is 10.8. The van der Waals surface area contributed by atoms with E-state index in [9.17, 15) is 9.59 Å². The summed E-state index contributed by atoms with van der Waals surface area (Å²) in [7, 11) is 0. The number of carbonyl (C=O) groups excluding carboxylic acids is 1. The minimum Gasteiger partial charge on any atom is -0.481 e. The van der Waals surface area contributed by atoms with Gasteiger partial charge in [-0.05, 0) is 37.5 Å². The minimum absolute atomic E-state index is 0.0933. The van der Waals surface area contributed by atoms with Gasteiger partial charge < -0.3 is 19.7 Å². The monoisotopic (exact) mass is 344 g/mol. The molecule has 7 nitrogen and oxygen atoms in total. The summed E-state index contributed by atoms with van der Waals surface area (Å²) in [5, 5.41) is 15.7. The van der Waals surface area contributed by atoms with Gasteiger partial charge in [0.2, 0.25) is 5.91 Å². The Kier molecular flexibility index (Phi) is 4.85. The first-order valence-corrected chi connectivity index (χ1v) is 8.13. The molecule has 0 spiro atoms. The van der Waals surface area contributed by atoms with Crippen LogP contribution in [0.25, 0.3) is 0 Å². The molecular formula is C18H20N2O5. The van der Waals surface area contributed by atoms with E-state index in [0.717, 1.165) is 5.69 Å². The lowest BCUT2D eigenvalue weighted by atomic mass is 9.76. The van der Waals surface area contributed by atoms with Crippen LogP contribution in [-0.2, 0) is 26.2 Å². The molecule has 7 heteroatoms. The van der Waals surface area contributed by atoms with Gasteiger partial charge in [-0.15, -0.1) is 0 Å². The van der Waals surface area contributed by atoms with Crippen molar-refractivity contribution in [2.24, 2.45) is 0 Å². The number of carbonyl (C=O) groups is 2. The number of aryl methyl sites for hydroxylation is 1. The normalized spacial score (nSPS) is 16.4. The number of hydrogen-bond acceptors (Lipinski definition) is 5. The van der Waals surface area contributed by atoms with Crippen LogP contribution in [0, 0.1) is 6.92 Å². The number of hydrogen-bond donors (Lipinski definition) is 2. The van der Waals surface area contributed by atoms with Gasteiger partial charge in [-0.3, -0.25) is 9.59 Å². The van der Waals surface area contributed by atoms with E-state index in [1.807, 2.05) is 6.92 Å². The number of anilines is 1. The van der Waals surface area contributed by atoms with Crippen LogP contribution >= 0.6 is 0 Å². The SMILES string of the molecule is Cc1cc(C2(C(=O)Nc3cccc(CC(=O)O)c3)CCOCC2)on1. The first-order chi connectivity index (χ1) is 12.0. The van der Waals surface area contributed by atoms with Gasteiger partial charge >= 0.3 is 5.97 Å². The second-order valence-corrected chi connectivity index (χ2v) is 6.25. The molecule has 1 saturated heterocycles. The number of rotatable bonds is 5. The molecule has 3 rings (SSSR count). The van der Waals surface area contributed by atoms with Crippen molar-refractivity contribution in [2.75, 3.05) is 18.5 Å². The van der Waals surface area contributed by atoms with Gasteiger partial charge in [0.25, 0.3) is 0 Å². The number of carboxylic acids is 1. The molecule has 1 aliphatic rings. The van der Waals surface area contributed by atoms with Gasteiger partial charge in [0.1, 0.15) is 5.41 Å². The Hall–Kier alpha value is -2.67. The minimum atomic E-state index is -0.915. The van der Waals surface area contributed by atoms with Crippen LogP contribution in [0.2, 0.25) is 0 Å². The molecular weight excluding hydrogens is 324 g/mol. The molecule has 1 fully saturated rings. The third-order valence-electron chi connectivity index (χ3n) is 4.42. The number of aromatic nitrogens is 1. The summed E-state index contributed by atoms with van der Waals surface area (Å²) in [6.45, 7) is 2.74. The summed E-state index contributed by atoms with van der Waals surface area (Å²) in [5.41, 5.74) is 1.08. The van der Waals surface area contributed by atoms with Gasteiger partial charge in [0.15, 0.2) is 5.76 Å². The number of nitrogens with zero attached hydrogens (tertiary/aromatic N) is 1. The Balaban J connectivity index is 1.85. The summed E-state index contributed by atoms with van der Waals surface area (Å²) in [5.74, 6) is -0.576. The number of nitrogens with one attached hydrogen (secondary N) is 1. The number of carboxylic acid groups (broad SMARTS) is 1. The van der Waals surface area contributed by atoms with Crippen molar-refractivity contribution in [3.63, 3.8) is 0 Å². The Morgan fingerprint density at radius 3 is 2.68 bits per heavy atom. The zero-order chi connectivity index (χ0) is 17.9. The standard InChI is InChI=1S/C18H20N2O5/c1-12-9-15(25-20-12)18(5-7-24-8-6-18)17(23)19-14-4-2-3-13(10-14)11-16(21)22/h2-4,9-10H,5-8,11H2,1H3,(H,19,23)(H,21,22). The molecule has 0 unspecified atom stereocenters. The Morgan fingerprint density at radius 2 is 2.04 bits per heavy atom. The van der Waals surface area contributed by atoms with Crippen molar-refractivity contribution in [3.8, 4) is 0 Å². The second-order valence-electron chi connectivity index (χ2n) is 6.25. The Labute approximate surface area is 145 Å². The molecule has 132 valence electrons. The molecule has 0 saturated carbocycles. The highest BCUT2D eigenvalue weighted by atomic mass is 16.5. The Morgan fingerprint density at radius 1 is 1.28 bits per heavy atom. The van der Waals surface area contributed by atoms with Crippen LogP contribution < -0.4 is 5.32 Å². The van der Waals surface area contributed by atoms with E-state index in [2.05, 4.69) is 10.5 Å². The van der Waals surface area contributed by atoms with Crippen LogP contribution in [-0.4, -0.2) is 35.4 Å². The van der Waals surface area contributed by atoms with Crippen molar-refractivity contribution in [1.29, 1.82) is 0 Å². The maximum atomic E-state index is 13.1. The first kappa shape index (κ1) is 17.2. The molecule has 1 aromatic heterocycles. The lowest BCUT2D eigenvalue weighted by Crippen LogP contribution is -2.44. The number of aliphatic carboxylic acids is 1. The molecule has 2 N–H and O–H groups in total. The van der Waals surface area contributed by atoms with Gasteiger partial charge in [-0.25, -0.2) is 0 Å². The summed E-state index contributed by atoms with van der Waals surface area (Å²) in [4.78, 5) is 23.9. The topological polar surface area (TPSA) is 102 Å². The van der Waals surface area contributed by atoms with E-state index in [1.165, 1.54) is 0 Å². The summed E-state index contributed by atoms with van der Waals surface area (Å²) in [6, 6.07) is 8.63. The fourth-order valence-corrected chi connectivity index (χ4v) is 3.08. The predicted molar refractivity (Wildman–Crippen MR) is 89.4 cm³/mol. The van der Waals surface area contributed by atoms with Crippen LogP contribution in [0.1, 0.15) is 29.9 Å². The molecule has 1 amide bonds. The van der Waals surface area contributed by atoms with E-state index >= 15 is 0 Å². The Bertz CT molecular complexity index is 777. The lowest BCUT2D eigenvalue weighted by Gasteiger charge is -2.33. The molecule has 2 aromatic rings. The lowest BCUT2D eigenvalue weighted by molar-refractivity contribution is -0.136. The zero-order valence-electron chi connectivity index (χ0n) is 13.9. The highest BCUT2D eigenvalue weighted by Crippen LogP contribution is 2.36. The van der Waals surface area contributed by atoms with Crippen LogP contribution in [0.3, 0.4) is 0 Å². The molecule has 0 aliphatic carbocycles. The molecule has 0 atom stereocenters. The van der Waals surface area contributed by atoms with Gasteiger partial charge in [0, 0.05) is 25.0 Å². The maximum absolute atomic E-state index is 13.1. The molecule has 0 bridgehead atoms. The largest absolute Gasteiger partial charge is 0.481 e. The zero-order valence-corrected chi connectivity index (χ0v) is 13.9. The van der Waals surface area contributed by atoms with Crippen LogP contribution in [0.4, 0.5) is 5.69 Å². The summed E-state index contributed by atoms with van der Waals surface area (Å²) in [6.07, 6.45) is 0.911. The predicted octanol–water partition coefficient (Wildman–Crippen LogP) is 2.30. The highest BCUT2D eigenvalue weighted by Gasteiger charge is 2.45. The maximum Gasteiger partial charge on any atom is 0.307 e. The van der Waals surface area contributed by atoms with E-state index in [0.29, 0.717) is 43.1 Å². The third-order valence-corrected chi connectivity index (χ3v) is 4.42.